The van der Waals surface area contributed by atoms with Gasteiger partial charge < -0.3 is 20.6 Å². The smallest absolute Gasteiger partial charge is 0.323 e. The number of aromatic nitrogens is 5. The standard InChI is InChI=1S/C36H44N10O2/c1-24-31(36(2,3)48)16-17-45(24)33-27(18-37)21-39-34(43-33)42-29-11-13-30(14-12-29)46(35(47)40-19-25-8-6-5-7-9-25)32-15-10-26(20-38-32)28-22-41-44(4)23-28/h5-10,15,20-24,29-31,48H,11-14,16-17,19H2,1-4H3,(H,40,47)(H,39,42,43)/t24-,29-,30-,31-/m0/s1. The quantitative estimate of drug-likeness (QED) is 0.221. The number of carbonyl (C=O) groups is 1. The Morgan fingerprint density at radius 2 is 1.81 bits per heavy atom. The molecule has 1 aliphatic heterocycles. The summed E-state index contributed by atoms with van der Waals surface area (Å²) in [5, 5.41) is 31.4. The van der Waals surface area contributed by atoms with Gasteiger partial charge in [-0.05, 0) is 70.6 Å². The van der Waals surface area contributed by atoms with Gasteiger partial charge in [-0.15, -0.1) is 0 Å². The molecule has 2 amide bonds. The summed E-state index contributed by atoms with van der Waals surface area (Å²) < 4.78 is 1.75. The number of pyridine rings is 1. The van der Waals surface area contributed by atoms with Crippen LogP contribution in [0.4, 0.5) is 22.4 Å². The van der Waals surface area contributed by atoms with E-state index in [-0.39, 0.29) is 30.1 Å². The number of rotatable bonds is 9. The Balaban J connectivity index is 1.15. The molecule has 48 heavy (non-hydrogen) atoms. The van der Waals surface area contributed by atoms with E-state index in [1.54, 1.807) is 28.2 Å². The molecule has 0 bridgehead atoms. The number of aryl methyl sites for hydroxylation is 1. The normalized spacial score (nSPS) is 21.0. The van der Waals surface area contributed by atoms with Crippen LogP contribution >= 0.6 is 0 Å². The fourth-order valence-electron chi connectivity index (χ4n) is 7.17. The monoisotopic (exact) mass is 648 g/mol. The lowest BCUT2D eigenvalue weighted by atomic mass is 9.85. The molecule has 4 heterocycles. The van der Waals surface area contributed by atoms with E-state index in [9.17, 15) is 15.2 Å². The molecule has 2 atom stereocenters. The molecule has 12 heteroatoms. The molecule has 1 aromatic carbocycles. The lowest BCUT2D eigenvalue weighted by Gasteiger charge is -2.36. The summed E-state index contributed by atoms with van der Waals surface area (Å²) in [6.45, 7) is 6.90. The van der Waals surface area contributed by atoms with Gasteiger partial charge in [0.25, 0.3) is 0 Å². The maximum Gasteiger partial charge on any atom is 0.323 e. The topological polar surface area (TPSA) is 148 Å². The molecule has 0 spiro atoms. The van der Waals surface area contributed by atoms with Gasteiger partial charge in [0.05, 0.1) is 18.0 Å². The van der Waals surface area contributed by atoms with Gasteiger partial charge in [-0.3, -0.25) is 9.58 Å². The molecular weight excluding hydrogens is 604 g/mol. The molecule has 12 nitrogen and oxygen atoms in total. The van der Waals surface area contributed by atoms with Gasteiger partial charge in [0.15, 0.2) is 5.82 Å². The molecule has 2 fully saturated rings. The first-order chi connectivity index (χ1) is 23.1. The highest BCUT2D eigenvalue weighted by molar-refractivity contribution is 5.91. The van der Waals surface area contributed by atoms with Crippen molar-refractivity contribution in [2.45, 2.75) is 83.1 Å². The molecule has 1 aliphatic carbocycles. The summed E-state index contributed by atoms with van der Waals surface area (Å²) in [4.78, 5) is 31.7. The van der Waals surface area contributed by atoms with Crippen LogP contribution in [0, 0.1) is 17.2 Å². The first-order valence-corrected chi connectivity index (χ1v) is 16.7. The number of hydrogen-bond acceptors (Lipinski definition) is 9. The largest absolute Gasteiger partial charge is 0.390 e. The summed E-state index contributed by atoms with van der Waals surface area (Å²) >= 11 is 0. The minimum absolute atomic E-state index is 0.0290. The number of aliphatic hydroxyl groups is 1. The molecule has 250 valence electrons. The van der Waals surface area contributed by atoms with Gasteiger partial charge in [0, 0.05) is 67.7 Å². The fraction of sp³-hybridized carbons (Fsp3) is 0.444. The minimum Gasteiger partial charge on any atom is -0.390 e. The molecule has 4 aromatic rings. The van der Waals surface area contributed by atoms with E-state index in [1.165, 1.54) is 0 Å². The number of nitrogens with zero attached hydrogens (tertiary/aromatic N) is 8. The van der Waals surface area contributed by atoms with Crippen LogP contribution in [-0.2, 0) is 13.6 Å². The molecule has 0 radical (unpaired) electrons. The molecular formula is C36H44N10O2. The molecule has 6 rings (SSSR count). The number of carbonyl (C=O) groups excluding carboxylic acids is 1. The van der Waals surface area contributed by atoms with Gasteiger partial charge in [0.1, 0.15) is 17.5 Å². The summed E-state index contributed by atoms with van der Waals surface area (Å²) in [6.07, 6.45) is 11.1. The van der Waals surface area contributed by atoms with Gasteiger partial charge in [-0.1, -0.05) is 30.3 Å². The second-order valence-electron chi connectivity index (χ2n) is 13.5. The minimum atomic E-state index is -0.822. The summed E-state index contributed by atoms with van der Waals surface area (Å²) in [5.41, 5.74) is 2.53. The zero-order valence-corrected chi connectivity index (χ0v) is 28.0. The first-order valence-electron chi connectivity index (χ1n) is 16.7. The van der Waals surface area contributed by atoms with E-state index in [0.29, 0.717) is 36.2 Å². The molecule has 1 saturated carbocycles. The number of nitriles is 1. The second-order valence-corrected chi connectivity index (χ2v) is 13.5. The van der Waals surface area contributed by atoms with Gasteiger partial charge >= 0.3 is 6.03 Å². The predicted molar refractivity (Wildman–Crippen MR) is 185 cm³/mol. The Labute approximate surface area is 281 Å². The van der Waals surface area contributed by atoms with Crippen molar-refractivity contribution in [3.63, 3.8) is 0 Å². The van der Waals surface area contributed by atoms with Crippen molar-refractivity contribution in [2.24, 2.45) is 13.0 Å². The van der Waals surface area contributed by atoms with Gasteiger partial charge in [-0.25, -0.2) is 14.8 Å². The van der Waals surface area contributed by atoms with Crippen LogP contribution in [0.5, 0.6) is 0 Å². The molecule has 0 unspecified atom stereocenters. The summed E-state index contributed by atoms with van der Waals surface area (Å²) in [5.74, 6) is 1.76. The second kappa shape index (κ2) is 14.0. The lowest BCUT2D eigenvalue weighted by Crippen LogP contribution is -2.49. The summed E-state index contributed by atoms with van der Waals surface area (Å²) in [6, 6.07) is 15.9. The predicted octanol–water partition coefficient (Wildman–Crippen LogP) is 5.27. The van der Waals surface area contributed by atoms with Gasteiger partial charge in [0.2, 0.25) is 5.95 Å². The van der Waals surface area contributed by atoms with Crippen molar-refractivity contribution in [3.8, 4) is 17.2 Å². The zero-order chi connectivity index (χ0) is 33.8. The number of nitrogens with one attached hydrogen (secondary N) is 2. The Morgan fingerprint density at radius 1 is 1.04 bits per heavy atom. The van der Waals surface area contributed by atoms with Crippen molar-refractivity contribution in [1.29, 1.82) is 5.26 Å². The molecule has 1 saturated heterocycles. The Morgan fingerprint density at radius 3 is 2.44 bits per heavy atom. The highest BCUT2D eigenvalue weighted by Gasteiger charge is 2.41. The Kier molecular flexibility index (Phi) is 9.59. The van der Waals surface area contributed by atoms with Crippen LogP contribution in [0.15, 0.2) is 67.3 Å². The fourth-order valence-corrected chi connectivity index (χ4v) is 7.17. The number of amides is 2. The number of anilines is 3. The highest BCUT2D eigenvalue weighted by Crippen LogP contribution is 2.37. The number of urea groups is 1. The van der Waals surface area contributed by atoms with Gasteiger partial charge in [-0.2, -0.15) is 15.3 Å². The SMILES string of the molecule is C[C@H]1[C@@H](C(C)(C)O)CCN1c1nc(N[C@H]2CC[C@H](N(C(=O)NCc3ccccc3)c3ccc(-c4cnn(C)c4)cn3)CC2)ncc1C#N. The lowest BCUT2D eigenvalue weighted by molar-refractivity contribution is 0.0156. The van der Waals surface area contributed by atoms with E-state index in [2.05, 4.69) is 38.6 Å². The highest BCUT2D eigenvalue weighted by atomic mass is 16.3. The van der Waals surface area contributed by atoms with Crippen molar-refractivity contribution in [3.05, 3.63) is 78.4 Å². The van der Waals surface area contributed by atoms with Crippen LogP contribution in [0.3, 0.4) is 0 Å². The Bertz CT molecular complexity index is 1740. The van der Waals surface area contributed by atoms with Crippen molar-refractivity contribution in [2.75, 3.05) is 21.7 Å². The molecule has 2 aliphatic rings. The van der Waals surface area contributed by atoms with Crippen LogP contribution in [0.2, 0.25) is 0 Å². The third kappa shape index (κ3) is 7.26. The van der Waals surface area contributed by atoms with Crippen LogP contribution < -0.4 is 20.4 Å². The van der Waals surface area contributed by atoms with Crippen molar-refractivity contribution in [1.82, 2.24) is 30.0 Å². The average molecular weight is 649 g/mol. The van der Waals surface area contributed by atoms with Crippen LogP contribution in [-0.4, -0.2) is 66.1 Å². The van der Waals surface area contributed by atoms with E-state index in [1.807, 2.05) is 69.6 Å². The van der Waals surface area contributed by atoms with Crippen molar-refractivity contribution < 1.29 is 9.90 Å². The third-order valence-corrected chi connectivity index (χ3v) is 9.76. The summed E-state index contributed by atoms with van der Waals surface area (Å²) in [7, 11) is 1.88. The van der Waals surface area contributed by atoms with Crippen LogP contribution in [0.1, 0.15) is 64.0 Å². The van der Waals surface area contributed by atoms with E-state index < -0.39 is 5.60 Å². The number of hydrogen-bond donors (Lipinski definition) is 3. The maximum absolute atomic E-state index is 13.8. The van der Waals surface area contributed by atoms with Crippen LogP contribution in [0.25, 0.3) is 11.1 Å². The maximum atomic E-state index is 13.8. The third-order valence-electron chi connectivity index (χ3n) is 9.76. The van der Waals surface area contributed by atoms with E-state index in [0.717, 1.165) is 48.8 Å². The number of benzene rings is 1. The first kappa shape index (κ1) is 32.9. The Hall–Kier alpha value is -5.02. The van der Waals surface area contributed by atoms with E-state index in [4.69, 9.17) is 9.97 Å². The van der Waals surface area contributed by atoms with Crippen molar-refractivity contribution >= 4 is 23.6 Å². The average Bonchev–Trinajstić information content (AvgIpc) is 3.71. The molecule has 3 N–H and O–H groups in total. The molecule has 3 aromatic heterocycles. The zero-order valence-electron chi connectivity index (χ0n) is 28.0. The van der Waals surface area contributed by atoms with E-state index >= 15 is 0 Å².